The minimum Gasteiger partial charge on any atom is -0.367 e. The molecular formula is C20H28N6O. The second kappa shape index (κ2) is 7.68. The third-order valence-electron chi connectivity index (χ3n) is 5.76. The zero-order valence-electron chi connectivity index (χ0n) is 16.1. The van der Waals surface area contributed by atoms with E-state index in [-0.39, 0.29) is 11.9 Å². The predicted octanol–water partition coefficient (Wildman–Crippen LogP) is 1.86. The van der Waals surface area contributed by atoms with Gasteiger partial charge in [0.15, 0.2) is 5.69 Å². The lowest BCUT2D eigenvalue weighted by Crippen LogP contribution is -2.54. The van der Waals surface area contributed by atoms with Crippen molar-refractivity contribution in [3.8, 4) is 0 Å². The van der Waals surface area contributed by atoms with Crippen molar-refractivity contribution in [2.45, 2.75) is 38.8 Å². The Morgan fingerprint density at radius 2 is 1.96 bits per heavy atom. The summed E-state index contributed by atoms with van der Waals surface area (Å²) >= 11 is 0. The Bertz CT molecular complexity index is 797. The molecule has 7 nitrogen and oxygen atoms in total. The monoisotopic (exact) mass is 368 g/mol. The molecule has 7 heteroatoms. The Morgan fingerprint density at radius 1 is 1.19 bits per heavy atom. The van der Waals surface area contributed by atoms with Crippen LogP contribution in [0, 0.1) is 6.92 Å². The molecule has 1 aromatic heterocycles. The number of aromatic nitrogens is 3. The van der Waals surface area contributed by atoms with Gasteiger partial charge in [0.1, 0.15) is 0 Å². The van der Waals surface area contributed by atoms with Crippen LogP contribution in [0.25, 0.3) is 0 Å². The summed E-state index contributed by atoms with van der Waals surface area (Å²) in [6.45, 7) is 8.60. The summed E-state index contributed by atoms with van der Waals surface area (Å²) in [4.78, 5) is 17.3. The van der Waals surface area contributed by atoms with Crippen molar-refractivity contribution in [1.82, 2.24) is 25.2 Å². The Hall–Kier alpha value is -2.41. The number of nitrogens with one attached hydrogen (secondary N) is 1. The summed E-state index contributed by atoms with van der Waals surface area (Å²) in [5.41, 5.74) is 2.99. The van der Waals surface area contributed by atoms with E-state index in [2.05, 4.69) is 58.6 Å². The van der Waals surface area contributed by atoms with Gasteiger partial charge in [-0.2, -0.15) is 0 Å². The molecule has 0 spiro atoms. The number of carbonyl (C=O) groups is 1. The summed E-state index contributed by atoms with van der Waals surface area (Å²) in [5, 5.41) is 11.8. The minimum atomic E-state index is -0.00730. The smallest absolute Gasteiger partial charge is 0.276 e. The van der Waals surface area contributed by atoms with E-state index < -0.39 is 0 Å². The van der Waals surface area contributed by atoms with E-state index in [1.807, 2.05) is 15.8 Å². The van der Waals surface area contributed by atoms with Crippen LogP contribution in [0.4, 0.5) is 5.69 Å². The van der Waals surface area contributed by atoms with Crippen LogP contribution in [-0.2, 0) is 0 Å². The quantitative estimate of drug-likeness (QED) is 0.896. The molecule has 2 saturated heterocycles. The fourth-order valence-corrected chi connectivity index (χ4v) is 4.17. The summed E-state index contributed by atoms with van der Waals surface area (Å²) in [7, 11) is 0. The topological polar surface area (TPSA) is 66.3 Å². The molecule has 0 unspecified atom stereocenters. The highest BCUT2D eigenvalue weighted by atomic mass is 16.2. The molecule has 1 N–H and O–H groups in total. The van der Waals surface area contributed by atoms with Crippen LogP contribution in [0.1, 0.15) is 41.9 Å². The maximum Gasteiger partial charge on any atom is 0.276 e. The predicted molar refractivity (Wildman–Crippen MR) is 105 cm³/mol. The van der Waals surface area contributed by atoms with Gasteiger partial charge < -0.3 is 15.1 Å². The summed E-state index contributed by atoms with van der Waals surface area (Å²) in [5.74, 6) is -0.00730. The summed E-state index contributed by atoms with van der Waals surface area (Å²) < 4.78 is 1.88. The molecule has 0 radical (unpaired) electrons. The van der Waals surface area contributed by atoms with Gasteiger partial charge in [-0.1, -0.05) is 23.4 Å². The lowest BCUT2D eigenvalue weighted by atomic mass is 10.1. The average molecular weight is 368 g/mol. The van der Waals surface area contributed by atoms with Gasteiger partial charge in [-0.3, -0.25) is 4.79 Å². The Kier molecular flexibility index (Phi) is 5.11. The standard InChI is InChI=1S/C20H28N6O/c1-15-5-3-4-6-19(15)24-11-12-25(16(2)13-24)20(27)18-14-26(23-22-18)17-7-9-21-10-8-17/h3-6,14,16-17,21H,7-13H2,1-2H3/t16-/m1/s1. The van der Waals surface area contributed by atoms with E-state index in [1.165, 1.54) is 11.3 Å². The first-order chi connectivity index (χ1) is 13.1. The van der Waals surface area contributed by atoms with Crippen LogP contribution in [-0.4, -0.2) is 64.6 Å². The largest absolute Gasteiger partial charge is 0.367 e. The molecule has 1 aromatic carbocycles. The molecule has 27 heavy (non-hydrogen) atoms. The molecule has 2 aliphatic heterocycles. The third-order valence-corrected chi connectivity index (χ3v) is 5.76. The zero-order chi connectivity index (χ0) is 18.8. The fourth-order valence-electron chi connectivity index (χ4n) is 4.17. The highest BCUT2D eigenvalue weighted by molar-refractivity contribution is 5.92. The Morgan fingerprint density at radius 3 is 2.70 bits per heavy atom. The molecule has 2 aliphatic rings. The van der Waals surface area contributed by atoms with E-state index in [4.69, 9.17) is 0 Å². The van der Waals surface area contributed by atoms with Crippen molar-refractivity contribution in [3.63, 3.8) is 0 Å². The zero-order valence-corrected chi connectivity index (χ0v) is 16.1. The molecule has 2 fully saturated rings. The van der Waals surface area contributed by atoms with Crippen molar-refractivity contribution in [3.05, 3.63) is 41.7 Å². The van der Waals surface area contributed by atoms with E-state index in [0.717, 1.165) is 39.0 Å². The first-order valence-electron chi connectivity index (χ1n) is 9.87. The third kappa shape index (κ3) is 3.69. The van der Waals surface area contributed by atoms with Crippen LogP contribution in [0.2, 0.25) is 0 Å². The SMILES string of the molecule is Cc1ccccc1N1CCN(C(=O)c2cn(C3CCNCC3)nn2)[C@H](C)C1. The van der Waals surface area contributed by atoms with Gasteiger partial charge >= 0.3 is 0 Å². The first-order valence-corrected chi connectivity index (χ1v) is 9.87. The van der Waals surface area contributed by atoms with Gasteiger partial charge in [0, 0.05) is 31.4 Å². The number of amides is 1. The molecule has 4 rings (SSSR count). The highest BCUT2D eigenvalue weighted by Crippen LogP contribution is 2.24. The number of para-hydroxylation sites is 1. The number of carbonyl (C=O) groups excluding carboxylic acids is 1. The van der Waals surface area contributed by atoms with Gasteiger partial charge in [-0.05, 0) is 51.4 Å². The normalized spacial score (nSPS) is 21.5. The average Bonchev–Trinajstić information content (AvgIpc) is 3.19. The number of piperidine rings is 1. The lowest BCUT2D eigenvalue weighted by Gasteiger charge is -2.41. The number of piperazine rings is 1. The molecular weight excluding hydrogens is 340 g/mol. The molecule has 0 bridgehead atoms. The van der Waals surface area contributed by atoms with Crippen LogP contribution >= 0.6 is 0 Å². The Labute approximate surface area is 160 Å². The van der Waals surface area contributed by atoms with E-state index in [1.54, 1.807) is 0 Å². The van der Waals surface area contributed by atoms with Crippen molar-refractivity contribution in [2.24, 2.45) is 0 Å². The molecule has 0 aliphatic carbocycles. The molecule has 144 valence electrons. The second-order valence-corrected chi connectivity index (χ2v) is 7.65. The number of hydrogen-bond donors (Lipinski definition) is 1. The van der Waals surface area contributed by atoms with Crippen molar-refractivity contribution < 1.29 is 4.79 Å². The molecule has 0 saturated carbocycles. The summed E-state index contributed by atoms with van der Waals surface area (Å²) in [6.07, 6.45) is 3.89. The minimum absolute atomic E-state index is 0.00730. The summed E-state index contributed by atoms with van der Waals surface area (Å²) in [6, 6.07) is 8.91. The van der Waals surface area contributed by atoms with Crippen LogP contribution in [0.3, 0.4) is 0 Å². The number of benzene rings is 1. The second-order valence-electron chi connectivity index (χ2n) is 7.65. The van der Waals surface area contributed by atoms with Gasteiger partial charge in [-0.15, -0.1) is 5.10 Å². The van der Waals surface area contributed by atoms with Crippen molar-refractivity contribution in [2.75, 3.05) is 37.6 Å². The van der Waals surface area contributed by atoms with Crippen LogP contribution in [0.5, 0.6) is 0 Å². The molecule has 3 heterocycles. The molecule has 1 amide bonds. The van der Waals surface area contributed by atoms with Gasteiger partial charge in [0.25, 0.3) is 5.91 Å². The van der Waals surface area contributed by atoms with Gasteiger partial charge in [0.05, 0.1) is 12.2 Å². The van der Waals surface area contributed by atoms with E-state index in [0.29, 0.717) is 18.3 Å². The van der Waals surface area contributed by atoms with E-state index >= 15 is 0 Å². The van der Waals surface area contributed by atoms with Gasteiger partial charge in [-0.25, -0.2) is 4.68 Å². The van der Waals surface area contributed by atoms with E-state index in [9.17, 15) is 4.79 Å². The number of rotatable bonds is 3. The van der Waals surface area contributed by atoms with Crippen LogP contribution < -0.4 is 10.2 Å². The molecule has 2 aromatic rings. The number of nitrogens with zero attached hydrogens (tertiary/aromatic N) is 5. The number of aryl methyl sites for hydroxylation is 1. The van der Waals surface area contributed by atoms with Crippen LogP contribution in [0.15, 0.2) is 30.5 Å². The maximum absolute atomic E-state index is 13.0. The molecule has 1 atom stereocenters. The highest BCUT2D eigenvalue weighted by Gasteiger charge is 2.30. The lowest BCUT2D eigenvalue weighted by molar-refractivity contribution is 0.0668. The number of hydrogen-bond acceptors (Lipinski definition) is 5. The first kappa shape index (κ1) is 18.0. The fraction of sp³-hybridized carbons (Fsp3) is 0.550. The Balaban J connectivity index is 1.43. The number of anilines is 1. The van der Waals surface area contributed by atoms with Gasteiger partial charge in [0.2, 0.25) is 0 Å². The van der Waals surface area contributed by atoms with Crippen molar-refractivity contribution in [1.29, 1.82) is 0 Å². The van der Waals surface area contributed by atoms with Crippen molar-refractivity contribution >= 4 is 11.6 Å². The maximum atomic E-state index is 13.0.